The number of carbonyl (C=O) groups excluding carboxylic acids is 1. The standard InChI is InChI=1S/C30H43ClN2O5/c1-20(2)22(16-21-6-11-27(37-4)28(17-21)38-15-5-14-36-3)18-25(32)26(34)19-33-29(35)30(12-13-30)23-7-9-24(31)10-8-23/h6-11,17,20,22,25-26,34H,5,12-16,18-19,32H2,1-4H3,(H,33,35)/t22-,25-,26-/m0/s1. The maximum Gasteiger partial charge on any atom is 0.230 e. The lowest BCUT2D eigenvalue weighted by Gasteiger charge is -2.28. The third kappa shape index (κ3) is 8.09. The number of aliphatic hydroxyl groups excluding tert-OH is 1. The van der Waals surface area contributed by atoms with Gasteiger partial charge in [0.2, 0.25) is 5.91 Å². The van der Waals surface area contributed by atoms with E-state index in [2.05, 4.69) is 19.2 Å². The molecule has 2 aromatic carbocycles. The summed E-state index contributed by atoms with van der Waals surface area (Å²) in [5.41, 5.74) is 8.01. The van der Waals surface area contributed by atoms with Crippen LogP contribution in [-0.4, -0.2) is 57.1 Å². The summed E-state index contributed by atoms with van der Waals surface area (Å²) in [7, 11) is 3.31. The van der Waals surface area contributed by atoms with Crippen molar-refractivity contribution >= 4 is 17.5 Å². The average Bonchev–Trinajstić information content (AvgIpc) is 3.71. The minimum Gasteiger partial charge on any atom is -0.493 e. The number of rotatable bonds is 16. The molecule has 210 valence electrons. The molecular weight excluding hydrogens is 504 g/mol. The zero-order valence-corrected chi connectivity index (χ0v) is 23.8. The highest BCUT2D eigenvalue weighted by atomic mass is 35.5. The Kier molecular flexibility index (Phi) is 11.3. The second-order valence-electron chi connectivity index (χ2n) is 10.7. The molecule has 1 aliphatic carbocycles. The highest BCUT2D eigenvalue weighted by molar-refractivity contribution is 6.30. The fourth-order valence-corrected chi connectivity index (χ4v) is 4.93. The van der Waals surface area contributed by atoms with Crippen molar-refractivity contribution in [3.63, 3.8) is 0 Å². The van der Waals surface area contributed by atoms with Gasteiger partial charge in [0.25, 0.3) is 0 Å². The van der Waals surface area contributed by atoms with E-state index in [-0.39, 0.29) is 18.4 Å². The van der Waals surface area contributed by atoms with E-state index in [1.54, 1.807) is 26.4 Å². The molecule has 1 fully saturated rings. The van der Waals surface area contributed by atoms with E-state index in [0.717, 1.165) is 36.8 Å². The molecule has 0 unspecified atom stereocenters. The SMILES string of the molecule is COCCCOc1cc(C[C@@H](C[C@H](N)[C@@H](O)CNC(=O)C2(c3ccc(Cl)cc3)CC2)C(C)C)ccc1OC. The molecule has 2 aromatic rings. The van der Waals surface area contributed by atoms with Crippen molar-refractivity contribution < 1.29 is 24.1 Å². The maximum absolute atomic E-state index is 13.0. The summed E-state index contributed by atoms with van der Waals surface area (Å²) in [6.07, 6.45) is 2.96. The number of ether oxygens (including phenoxy) is 3. The van der Waals surface area contributed by atoms with Crippen molar-refractivity contribution in [1.29, 1.82) is 0 Å². The predicted octanol–water partition coefficient (Wildman–Crippen LogP) is 4.50. The van der Waals surface area contributed by atoms with Gasteiger partial charge in [-0.3, -0.25) is 4.79 Å². The van der Waals surface area contributed by atoms with E-state index in [1.165, 1.54) is 0 Å². The highest BCUT2D eigenvalue weighted by Crippen LogP contribution is 2.48. The molecule has 0 saturated heterocycles. The molecule has 1 saturated carbocycles. The van der Waals surface area contributed by atoms with Crippen LogP contribution in [-0.2, 0) is 21.4 Å². The van der Waals surface area contributed by atoms with Crippen LogP contribution in [0.3, 0.4) is 0 Å². The van der Waals surface area contributed by atoms with Crippen molar-refractivity contribution in [2.75, 3.05) is 34.0 Å². The Morgan fingerprint density at radius 2 is 1.82 bits per heavy atom. The molecule has 0 spiro atoms. The van der Waals surface area contributed by atoms with Crippen LogP contribution in [0.15, 0.2) is 42.5 Å². The number of amides is 1. The van der Waals surface area contributed by atoms with Gasteiger partial charge >= 0.3 is 0 Å². The number of benzene rings is 2. The van der Waals surface area contributed by atoms with Crippen LogP contribution in [0.1, 0.15) is 50.7 Å². The lowest BCUT2D eigenvalue weighted by atomic mass is 9.83. The Bertz CT molecular complexity index is 1030. The van der Waals surface area contributed by atoms with Crippen molar-refractivity contribution in [1.82, 2.24) is 5.32 Å². The average molecular weight is 547 g/mol. The fourth-order valence-electron chi connectivity index (χ4n) is 4.81. The molecule has 8 heteroatoms. The minimum atomic E-state index is -0.836. The first-order valence-electron chi connectivity index (χ1n) is 13.5. The quantitative estimate of drug-likeness (QED) is 0.268. The van der Waals surface area contributed by atoms with Gasteiger partial charge in [-0.2, -0.15) is 0 Å². The third-order valence-electron chi connectivity index (χ3n) is 7.54. The van der Waals surface area contributed by atoms with Gasteiger partial charge in [0.05, 0.1) is 25.2 Å². The molecular formula is C30H43ClN2O5. The number of hydrogen-bond acceptors (Lipinski definition) is 6. The second-order valence-corrected chi connectivity index (χ2v) is 11.1. The van der Waals surface area contributed by atoms with E-state index >= 15 is 0 Å². The van der Waals surface area contributed by atoms with Gasteiger partial charge < -0.3 is 30.4 Å². The summed E-state index contributed by atoms with van der Waals surface area (Å²) in [5, 5.41) is 14.4. The fraction of sp³-hybridized carbons (Fsp3) is 0.567. The van der Waals surface area contributed by atoms with Crippen LogP contribution >= 0.6 is 11.6 Å². The first kappa shape index (κ1) is 30.2. The van der Waals surface area contributed by atoms with Gasteiger partial charge in [-0.25, -0.2) is 0 Å². The normalized spacial score (nSPS) is 16.5. The Morgan fingerprint density at radius 1 is 1.11 bits per heavy atom. The topological polar surface area (TPSA) is 103 Å². The van der Waals surface area contributed by atoms with Crippen molar-refractivity contribution in [3.05, 3.63) is 58.6 Å². The van der Waals surface area contributed by atoms with Gasteiger partial charge in [0, 0.05) is 37.7 Å². The zero-order valence-electron chi connectivity index (χ0n) is 23.0. The Morgan fingerprint density at radius 3 is 2.42 bits per heavy atom. The molecule has 38 heavy (non-hydrogen) atoms. The Labute approximate surface area is 232 Å². The maximum atomic E-state index is 13.0. The van der Waals surface area contributed by atoms with E-state index < -0.39 is 17.6 Å². The number of halogens is 1. The number of methoxy groups -OCH3 is 2. The zero-order chi connectivity index (χ0) is 27.7. The smallest absolute Gasteiger partial charge is 0.230 e. The molecule has 1 aliphatic rings. The highest BCUT2D eigenvalue weighted by Gasteiger charge is 2.51. The Balaban J connectivity index is 1.55. The molecule has 0 aliphatic heterocycles. The minimum absolute atomic E-state index is 0.0669. The lowest BCUT2D eigenvalue weighted by Crippen LogP contribution is -2.47. The van der Waals surface area contributed by atoms with Crippen molar-refractivity contribution in [3.8, 4) is 11.5 Å². The second kappa shape index (κ2) is 14.2. The van der Waals surface area contributed by atoms with Gasteiger partial charge in [-0.05, 0) is 72.9 Å². The van der Waals surface area contributed by atoms with Crippen LogP contribution < -0.4 is 20.5 Å². The van der Waals surface area contributed by atoms with E-state index in [1.807, 2.05) is 30.3 Å². The summed E-state index contributed by atoms with van der Waals surface area (Å²) < 4.78 is 16.5. The molecule has 3 rings (SSSR count). The van der Waals surface area contributed by atoms with E-state index in [0.29, 0.717) is 42.1 Å². The van der Waals surface area contributed by atoms with Gasteiger partial charge in [-0.15, -0.1) is 0 Å². The number of carbonyl (C=O) groups is 1. The lowest BCUT2D eigenvalue weighted by molar-refractivity contribution is -0.124. The number of nitrogens with two attached hydrogens (primary N) is 1. The largest absolute Gasteiger partial charge is 0.493 e. The molecule has 7 nitrogen and oxygen atoms in total. The van der Waals surface area contributed by atoms with Crippen molar-refractivity contribution in [2.45, 2.75) is 63.5 Å². The van der Waals surface area contributed by atoms with E-state index in [9.17, 15) is 9.90 Å². The van der Waals surface area contributed by atoms with Crippen molar-refractivity contribution in [2.24, 2.45) is 17.6 Å². The molecule has 1 amide bonds. The third-order valence-corrected chi connectivity index (χ3v) is 7.79. The predicted molar refractivity (Wildman–Crippen MR) is 151 cm³/mol. The summed E-state index contributed by atoms with van der Waals surface area (Å²) in [4.78, 5) is 13.0. The van der Waals surface area contributed by atoms with Gasteiger partial charge in [-0.1, -0.05) is 43.6 Å². The summed E-state index contributed by atoms with van der Waals surface area (Å²) >= 11 is 6.00. The van der Waals surface area contributed by atoms with E-state index in [4.69, 9.17) is 31.5 Å². The molecule has 0 radical (unpaired) electrons. The monoisotopic (exact) mass is 546 g/mol. The molecule has 3 atom stereocenters. The number of aliphatic hydroxyl groups is 1. The van der Waals surface area contributed by atoms with Crippen LogP contribution in [0.5, 0.6) is 11.5 Å². The van der Waals surface area contributed by atoms with Crippen LogP contribution in [0.4, 0.5) is 0 Å². The molecule has 0 bridgehead atoms. The van der Waals surface area contributed by atoms with Crippen LogP contribution in [0, 0.1) is 11.8 Å². The molecule has 4 N–H and O–H groups in total. The summed E-state index contributed by atoms with van der Waals surface area (Å²) in [5.74, 6) is 1.94. The van der Waals surface area contributed by atoms with Gasteiger partial charge in [0.15, 0.2) is 11.5 Å². The summed E-state index contributed by atoms with van der Waals surface area (Å²) in [6, 6.07) is 13.0. The van der Waals surface area contributed by atoms with Crippen LogP contribution in [0.2, 0.25) is 5.02 Å². The summed E-state index contributed by atoms with van der Waals surface area (Å²) in [6.45, 7) is 5.64. The first-order valence-corrected chi connectivity index (χ1v) is 13.8. The molecule has 0 aromatic heterocycles. The Hall–Kier alpha value is -2.32. The van der Waals surface area contributed by atoms with Gasteiger partial charge in [0.1, 0.15) is 0 Å². The first-order chi connectivity index (χ1) is 18.2. The number of nitrogens with one attached hydrogen (secondary N) is 1. The number of hydrogen-bond donors (Lipinski definition) is 3. The molecule has 0 heterocycles. The van der Waals surface area contributed by atoms with Crippen LogP contribution in [0.25, 0.3) is 0 Å².